The van der Waals surface area contributed by atoms with Crippen molar-refractivity contribution < 1.29 is 9.52 Å². The second kappa shape index (κ2) is 7.75. The number of aromatic nitrogens is 5. The Bertz CT molecular complexity index is 1390. The third-order valence-electron chi connectivity index (χ3n) is 5.02. The van der Waals surface area contributed by atoms with E-state index in [9.17, 15) is 5.11 Å². The lowest BCUT2D eigenvalue weighted by Crippen LogP contribution is -2.02. The number of nitrogens with two attached hydrogens (primary N) is 1. The minimum absolute atomic E-state index is 0.144. The fourth-order valence-corrected chi connectivity index (χ4v) is 3.54. The average Bonchev–Trinajstić information content (AvgIpc) is 3.44. The first-order chi connectivity index (χ1) is 15.2. The Morgan fingerprint density at radius 3 is 2.65 bits per heavy atom. The van der Waals surface area contributed by atoms with Gasteiger partial charge >= 0.3 is 0 Å². The van der Waals surface area contributed by atoms with Crippen LogP contribution in [0.1, 0.15) is 17.1 Å². The minimum Gasteiger partial charge on any atom is -0.441 e. The number of rotatable bonds is 5. The molecule has 1 aromatic carbocycles. The van der Waals surface area contributed by atoms with Crippen LogP contribution in [0.25, 0.3) is 39.4 Å². The molecule has 0 bridgehead atoms. The highest BCUT2D eigenvalue weighted by Gasteiger charge is 2.17. The van der Waals surface area contributed by atoms with E-state index >= 15 is 0 Å². The summed E-state index contributed by atoms with van der Waals surface area (Å²) in [6.07, 6.45) is 3.46. The second-order valence-corrected chi connectivity index (χ2v) is 7.15. The highest BCUT2D eigenvalue weighted by atomic mass is 16.4. The number of nitrogens with zero attached hydrogens (tertiary/aromatic N) is 5. The molecule has 4 aromatic heterocycles. The molecule has 3 N–H and O–H groups in total. The molecule has 0 atom stereocenters. The van der Waals surface area contributed by atoms with E-state index < -0.39 is 0 Å². The summed E-state index contributed by atoms with van der Waals surface area (Å²) in [4.78, 5) is 13.6. The maximum atomic E-state index is 9.48. The van der Waals surface area contributed by atoms with Crippen molar-refractivity contribution in [3.8, 4) is 28.5 Å². The Morgan fingerprint density at radius 2 is 1.87 bits per heavy atom. The van der Waals surface area contributed by atoms with Crippen molar-refractivity contribution in [2.75, 3.05) is 0 Å². The summed E-state index contributed by atoms with van der Waals surface area (Å²) in [6, 6.07) is 15.2. The van der Waals surface area contributed by atoms with Gasteiger partial charge < -0.3 is 15.3 Å². The van der Waals surface area contributed by atoms with Crippen LogP contribution in [-0.2, 0) is 13.2 Å². The first-order valence-electron chi connectivity index (χ1n) is 9.84. The van der Waals surface area contributed by atoms with Gasteiger partial charge in [0, 0.05) is 23.1 Å². The molecule has 0 saturated heterocycles. The Labute approximate surface area is 178 Å². The third-order valence-corrected chi connectivity index (χ3v) is 5.02. The average molecular weight is 412 g/mol. The minimum atomic E-state index is -0.144. The van der Waals surface area contributed by atoms with E-state index in [1.807, 2.05) is 49.4 Å². The van der Waals surface area contributed by atoms with Gasteiger partial charge in [-0.1, -0.05) is 12.1 Å². The van der Waals surface area contributed by atoms with E-state index in [1.165, 1.54) is 0 Å². The zero-order valence-electron chi connectivity index (χ0n) is 16.9. The number of aliphatic hydroxyl groups is 1. The van der Waals surface area contributed by atoms with Gasteiger partial charge in [-0.25, -0.2) is 14.6 Å². The van der Waals surface area contributed by atoms with Crippen LogP contribution in [0.3, 0.4) is 0 Å². The van der Waals surface area contributed by atoms with Crippen LogP contribution in [0.4, 0.5) is 0 Å². The zero-order valence-corrected chi connectivity index (χ0v) is 16.9. The number of benzene rings is 1. The Kier molecular flexibility index (Phi) is 4.78. The molecule has 0 amide bonds. The maximum absolute atomic E-state index is 9.48. The molecule has 0 spiro atoms. The van der Waals surface area contributed by atoms with Crippen molar-refractivity contribution in [2.24, 2.45) is 5.73 Å². The van der Waals surface area contributed by atoms with Gasteiger partial charge in [-0.2, -0.15) is 5.10 Å². The summed E-state index contributed by atoms with van der Waals surface area (Å²) in [5.41, 5.74) is 10.5. The van der Waals surface area contributed by atoms with E-state index in [-0.39, 0.29) is 6.61 Å². The molecule has 8 heteroatoms. The van der Waals surface area contributed by atoms with Gasteiger partial charge in [-0.05, 0) is 43.3 Å². The highest BCUT2D eigenvalue weighted by Crippen LogP contribution is 2.34. The zero-order chi connectivity index (χ0) is 21.4. The molecule has 154 valence electrons. The monoisotopic (exact) mass is 412 g/mol. The van der Waals surface area contributed by atoms with E-state index in [2.05, 4.69) is 20.1 Å². The summed E-state index contributed by atoms with van der Waals surface area (Å²) in [7, 11) is 0. The number of pyridine rings is 2. The number of aliphatic hydroxyl groups excluding tert-OH is 1. The van der Waals surface area contributed by atoms with Crippen LogP contribution < -0.4 is 5.73 Å². The Balaban J connectivity index is 1.78. The number of fused-ring (bicyclic) bond motifs is 1. The van der Waals surface area contributed by atoms with E-state index in [1.54, 1.807) is 23.1 Å². The molecule has 0 aliphatic rings. The fraction of sp³-hybridized carbons (Fsp3) is 0.130. The van der Waals surface area contributed by atoms with Crippen LogP contribution in [0.2, 0.25) is 0 Å². The van der Waals surface area contributed by atoms with Crippen LogP contribution in [0.15, 0.2) is 65.3 Å². The molecule has 0 fully saturated rings. The third kappa shape index (κ3) is 3.48. The summed E-state index contributed by atoms with van der Waals surface area (Å²) >= 11 is 0. The van der Waals surface area contributed by atoms with Gasteiger partial charge in [0.05, 0.1) is 41.6 Å². The van der Waals surface area contributed by atoms with Gasteiger partial charge in [0.1, 0.15) is 5.76 Å². The lowest BCUT2D eigenvalue weighted by Gasteiger charge is -2.09. The van der Waals surface area contributed by atoms with Gasteiger partial charge in [0.2, 0.25) is 5.89 Å². The number of hydrogen-bond acceptors (Lipinski definition) is 7. The SMILES string of the molecule is Cc1cnc(-c2cc(-c3cccc(CN)n3)cc3c2cnn3-c2cccc(CO)n2)o1. The summed E-state index contributed by atoms with van der Waals surface area (Å²) in [5.74, 6) is 1.84. The first kappa shape index (κ1) is 19.1. The van der Waals surface area contributed by atoms with Crippen molar-refractivity contribution in [3.63, 3.8) is 0 Å². The standard InChI is InChI=1S/C23H20N6O2/c1-14-11-25-23(31-14)18-8-15(20-6-2-4-16(10-24)27-20)9-21-19(18)12-26-29(21)22-7-3-5-17(13-30)28-22/h2-9,11-12,30H,10,13,24H2,1H3. The predicted molar refractivity (Wildman–Crippen MR) is 116 cm³/mol. The molecule has 0 radical (unpaired) electrons. The molecule has 5 aromatic rings. The van der Waals surface area contributed by atoms with Crippen molar-refractivity contribution in [3.05, 3.63) is 78.1 Å². The summed E-state index contributed by atoms with van der Waals surface area (Å²) in [6.45, 7) is 2.07. The molecule has 0 aliphatic carbocycles. The van der Waals surface area contributed by atoms with Gasteiger partial charge in [-0.3, -0.25) is 4.98 Å². The van der Waals surface area contributed by atoms with Crippen LogP contribution in [0, 0.1) is 6.92 Å². The normalized spacial score (nSPS) is 11.3. The van der Waals surface area contributed by atoms with Crippen molar-refractivity contribution in [1.82, 2.24) is 24.7 Å². The van der Waals surface area contributed by atoms with E-state index in [0.717, 1.165) is 39.2 Å². The summed E-state index contributed by atoms with van der Waals surface area (Å²) in [5, 5.41) is 14.9. The largest absolute Gasteiger partial charge is 0.441 e. The summed E-state index contributed by atoms with van der Waals surface area (Å²) < 4.78 is 7.57. The van der Waals surface area contributed by atoms with E-state index in [4.69, 9.17) is 10.2 Å². The molecule has 0 unspecified atom stereocenters. The lowest BCUT2D eigenvalue weighted by molar-refractivity contribution is 0.276. The smallest absolute Gasteiger partial charge is 0.226 e. The van der Waals surface area contributed by atoms with Crippen LogP contribution in [-0.4, -0.2) is 29.8 Å². The van der Waals surface area contributed by atoms with E-state index in [0.29, 0.717) is 23.9 Å². The fourth-order valence-electron chi connectivity index (χ4n) is 3.54. The number of oxazole rings is 1. The van der Waals surface area contributed by atoms with Gasteiger partial charge in [0.15, 0.2) is 5.82 Å². The topological polar surface area (TPSA) is 116 Å². The molecule has 0 saturated carbocycles. The number of aryl methyl sites for hydroxylation is 1. The first-order valence-corrected chi connectivity index (χ1v) is 9.84. The molecule has 8 nitrogen and oxygen atoms in total. The Morgan fingerprint density at radius 1 is 1.03 bits per heavy atom. The van der Waals surface area contributed by atoms with Crippen molar-refractivity contribution in [1.29, 1.82) is 0 Å². The molecule has 5 rings (SSSR count). The maximum Gasteiger partial charge on any atom is 0.226 e. The van der Waals surface area contributed by atoms with Gasteiger partial charge in [0.25, 0.3) is 0 Å². The van der Waals surface area contributed by atoms with Gasteiger partial charge in [-0.15, -0.1) is 0 Å². The molecule has 0 aliphatic heterocycles. The number of hydrogen-bond donors (Lipinski definition) is 2. The highest BCUT2D eigenvalue weighted by molar-refractivity contribution is 5.96. The quantitative estimate of drug-likeness (QED) is 0.454. The predicted octanol–water partition coefficient (Wildman–Crippen LogP) is 3.40. The molecule has 4 heterocycles. The van der Waals surface area contributed by atoms with Crippen LogP contribution >= 0.6 is 0 Å². The van der Waals surface area contributed by atoms with Crippen molar-refractivity contribution in [2.45, 2.75) is 20.1 Å². The van der Waals surface area contributed by atoms with Crippen LogP contribution in [0.5, 0.6) is 0 Å². The molecular weight excluding hydrogens is 392 g/mol. The Hall–Kier alpha value is -3.88. The molecular formula is C23H20N6O2. The van der Waals surface area contributed by atoms with Crippen molar-refractivity contribution >= 4 is 10.9 Å². The second-order valence-electron chi connectivity index (χ2n) is 7.15. The lowest BCUT2D eigenvalue weighted by atomic mass is 10.0. The molecule has 31 heavy (non-hydrogen) atoms.